The summed E-state index contributed by atoms with van der Waals surface area (Å²) in [5, 5.41) is 14.9. The van der Waals surface area contributed by atoms with Crippen LogP contribution in [-0.4, -0.2) is 9.97 Å². The Morgan fingerprint density at radius 3 is 2.00 bits per heavy atom. The van der Waals surface area contributed by atoms with Crippen LogP contribution in [-0.2, 0) is 0 Å². The molecule has 0 spiro atoms. The zero-order valence-electron chi connectivity index (χ0n) is 20.5. The van der Waals surface area contributed by atoms with Crippen LogP contribution in [0.5, 0.6) is 0 Å². The van der Waals surface area contributed by atoms with E-state index in [1.807, 2.05) is 54.7 Å². The normalized spacial score (nSPS) is 11.1. The fourth-order valence-corrected chi connectivity index (χ4v) is 5.18. The van der Waals surface area contributed by atoms with Crippen molar-refractivity contribution in [3.63, 3.8) is 0 Å². The number of benzene rings is 6. The van der Waals surface area contributed by atoms with Gasteiger partial charge in [0.25, 0.3) is 0 Å². The molecule has 3 nitrogen and oxygen atoms in total. The average Bonchev–Trinajstić information content (AvgIpc) is 2.99. The number of rotatable bonds is 3. The van der Waals surface area contributed by atoms with E-state index >= 15 is 0 Å². The van der Waals surface area contributed by atoms with Gasteiger partial charge < -0.3 is 0 Å². The molecule has 0 aliphatic rings. The molecule has 1 heterocycles. The van der Waals surface area contributed by atoms with E-state index in [2.05, 4.69) is 78.9 Å². The van der Waals surface area contributed by atoms with Gasteiger partial charge in [0.05, 0.1) is 17.1 Å². The van der Waals surface area contributed by atoms with Gasteiger partial charge >= 0.3 is 0 Å². The van der Waals surface area contributed by atoms with Crippen LogP contribution in [0.15, 0.2) is 128 Å². The highest BCUT2D eigenvalue weighted by Gasteiger charge is 2.14. The first-order valence-electron chi connectivity index (χ1n) is 12.6. The first-order chi connectivity index (χ1) is 18.8. The van der Waals surface area contributed by atoms with Crippen LogP contribution in [0.2, 0.25) is 0 Å². The predicted molar refractivity (Wildman–Crippen MR) is 156 cm³/mol. The molecule has 7 rings (SSSR count). The van der Waals surface area contributed by atoms with E-state index in [0.717, 1.165) is 49.5 Å². The molecule has 1 aromatic heterocycles. The first kappa shape index (κ1) is 21.9. The van der Waals surface area contributed by atoms with Crippen molar-refractivity contribution in [3.8, 4) is 39.7 Å². The third-order valence-electron chi connectivity index (χ3n) is 7.13. The second-order valence-corrected chi connectivity index (χ2v) is 9.43. The fraction of sp³-hybridized carbons (Fsp3) is 0. The molecule has 0 bridgehead atoms. The van der Waals surface area contributed by atoms with Gasteiger partial charge in [0.2, 0.25) is 0 Å². The summed E-state index contributed by atoms with van der Waals surface area (Å²) in [5.41, 5.74) is 7.02. The highest BCUT2D eigenvalue weighted by Crippen LogP contribution is 2.38. The van der Waals surface area contributed by atoms with Crippen molar-refractivity contribution in [2.24, 2.45) is 0 Å². The van der Waals surface area contributed by atoms with Gasteiger partial charge in [-0.1, -0.05) is 84.9 Å². The molecule has 0 radical (unpaired) electrons. The molecular weight excluding hydrogens is 462 g/mol. The van der Waals surface area contributed by atoms with Crippen LogP contribution in [0.4, 0.5) is 0 Å². The second-order valence-electron chi connectivity index (χ2n) is 9.43. The molecule has 0 atom stereocenters. The summed E-state index contributed by atoms with van der Waals surface area (Å²) in [6.45, 7) is 0. The molecular formula is C35H21N3. The van der Waals surface area contributed by atoms with Gasteiger partial charge in [-0.15, -0.1) is 0 Å². The van der Waals surface area contributed by atoms with Crippen molar-refractivity contribution in [1.82, 2.24) is 9.97 Å². The van der Waals surface area contributed by atoms with Crippen molar-refractivity contribution in [1.29, 1.82) is 5.26 Å². The number of hydrogen-bond donors (Lipinski definition) is 0. The van der Waals surface area contributed by atoms with E-state index in [-0.39, 0.29) is 0 Å². The molecule has 0 aliphatic heterocycles. The van der Waals surface area contributed by atoms with Crippen LogP contribution in [0, 0.1) is 11.3 Å². The van der Waals surface area contributed by atoms with E-state index in [1.165, 1.54) is 10.8 Å². The zero-order valence-corrected chi connectivity index (χ0v) is 20.5. The number of aromatic nitrogens is 2. The van der Waals surface area contributed by atoms with Gasteiger partial charge in [-0.25, -0.2) is 9.97 Å². The molecule has 0 fully saturated rings. The molecule has 0 saturated carbocycles. The smallest absolute Gasteiger partial charge is 0.160 e. The van der Waals surface area contributed by atoms with Crippen molar-refractivity contribution < 1.29 is 0 Å². The van der Waals surface area contributed by atoms with Gasteiger partial charge in [0.1, 0.15) is 0 Å². The topological polar surface area (TPSA) is 49.6 Å². The maximum Gasteiger partial charge on any atom is 0.160 e. The van der Waals surface area contributed by atoms with E-state index in [9.17, 15) is 5.26 Å². The standard InChI is InChI=1S/C35H21N3/c36-21-23-12-14-25(15-13-23)30-10-5-9-24-16-17-28(20-31(24)30)32-18-26-6-1-2-7-27(26)19-33(32)35-37-22-29-8-3-4-11-34(29)38-35/h1-20,22H. The number of fused-ring (bicyclic) bond motifs is 3. The lowest BCUT2D eigenvalue weighted by Gasteiger charge is -2.14. The van der Waals surface area contributed by atoms with Gasteiger partial charge in [0, 0.05) is 17.1 Å². The molecule has 0 saturated heterocycles. The van der Waals surface area contributed by atoms with Crippen LogP contribution in [0.25, 0.3) is 66.1 Å². The second kappa shape index (κ2) is 8.96. The quantitative estimate of drug-likeness (QED) is 0.252. The van der Waals surface area contributed by atoms with Crippen LogP contribution in [0.3, 0.4) is 0 Å². The lowest BCUT2D eigenvalue weighted by atomic mass is 9.91. The van der Waals surface area contributed by atoms with Crippen molar-refractivity contribution in [3.05, 3.63) is 133 Å². The Hall–Kier alpha value is -5.33. The molecule has 0 amide bonds. The maximum atomic E-state index is 9.23. The molecule has 7 aromatic rings. The lowest BCUT2D eigenvalue weighted by Crippen LogP contribution is -1.94. The van der Waals surface area contributed by atoms with Crippen LogP contribution in [0.1, 0.15) is 5.56 Å². The Bertz CT molecular complexity index is 2030. The van der Waals surface area contributed by atoms with E-state index < -0.39 is 0 Å². The van der Waals surface area contributed by atoms with Crippen LogP contribution < -0.4 is 0 Å². The Labute approximate surface area is 220 Å². The molecule has 6 aromatic carbocycles. The molecule has 0 N–H and O–H groups in total. The largest absolute Gasteiger partial charge is 0.236 e. The lowest BCUT2D eigenvalue weighted by molar-refractivity contribution is 1.23. The zero-order chi connectivity index (χ0) is 25.5. The number of nitrogens with zero attached hydrogens (tertiary/aromatic N) is 3. The minimum absolute atomic E-state index is 0.658. The molecule has 0 aliphatic carbocycles. The molecule has 0 unspecified atom stereocenters. The fourth-order valence-electron chi connectivity index (χ4n) is 5.18. The maximum absolute atomic E-state index is 9.23. The minimum atomic E-state index is 0.658. The Balaban J connectivity index is 1.47. The van der Waals surface area contributed by atoms with E-state index in [0.29, 0.717) is 11.4 Å². The average molecular weight is 484 g/mol. The summed E-state index contributed by atoms with van der Waals surface area (Å²) in [6, 6.07) is 43.9. The molecule has 3 heteroatoms. The monoisotopic (exact) mass is 483 g/mol. The number of para-hydroxylation sites is 1. The first-order valence-corrected chi connectivity index (χ1v) is 12.6. The third-order valence-corrected chi connectivity index (χ3v) is 7.13. The van der Waals surface area contributed by atoms with E-state index in [4.69, 9.17) is 9.97 Å². The summed E-state index contributed by atoms with van der Waals surface area (Å²) in [6.07, 6.45) is 1.90. The minimum Gasteiger partial charge on any atom is -0.236 e. The third kappa shape index (κ3) is 3.77. The van der Waals surface area contributed by atoms with E-state index in [1.54, 1.807) is 0 Å². The Kier molecular flexibility index (Phi) is 5.17. The predicted octanol–water partition coefficient (Wildman–Crippen LogP) is 8.81. The Morgan fingerprint density at radius 2 is 1.21 bits per heavy atom. The summed E-state index contributed by atoms with van der Waals surface area (Å²) >= 11 is 0. The van der Waals surface area contributed by atoms with Gasteiger partial charge in [0.15, 0.2) is 5.82 Å². The van der Waals surface area contributed by atoms with Crippen molar-refractivity contribution >= 4 is 32.4 Å². The van der Waals surface area contributed by atoms with Crippen molar-refractivity contribution in [2.75, 3.05) is 0 Å². The van der Waals surface area contributed by atoms with Gasteiger partial charge in [-0.05, 0) is 80.2 Å². The summed E-state index contributed by atoms with van der Waals surface area (Å²) in [5.74, 6) is 0.713. The number of hydrogen-bond acceptors (Lipinski definition) is 3. The summed E-state index contributed by atoms with van der Waals surface area (Å²) in [7, 11) is 0. The van der Waals surface area contributed by atoms with Crippen LogP contribution >= 0.6 is 0 Å². The summed E-state index contributed by atoms with van der Waals surface area (Å²) in [4.78, 5) is 9.72. The molecule has 176 valence electrons. The van der Waals surface area contributed by atoms with Gasteiger partial charge in [-0.2, -0.15) is 5.26 Å². The highest BCUT2D eigenvalue weighted by molar-refractivity contribution is 6.02. The number of nitriles is 1. The Morgan fingerprint density at radius 1 is 0.526 bits per heavy atom. The molecule has 38 heavy (non-hydrogen) atoms. The SMILES string of the molecule is N#Cc1ccc(-c2cccc3ccc(-c4cc5ccccc5cc4-c4ncc5ccccc5n4)cc23)cc1. The van der Waals surface area contributed by atoms with Gasteiger partial charge in [-0.3, -0.25) is 0 Å². The summed E-state index contributed by atoms with van der Waals surface area (Å²) < 4.78 is 0. The van der Waals surface area contributed by atoms with Crippen molar-refractivity contribution in [2.45, 2.75) is 0 Å². The highest BCUT2D eigenvalue weighted by atomic mass is 14.9.